The van der Waals surface area contributed by atoms with Gasteiger partial charge in [0.2, 0.25) is 5.82 Å². The van der Waals surface area contributed by atoms with E-state index in [1.54, 1.807) is 12.1 Å². The molecule has 6 heteroatoms. The highest BCUT2D eigenvalue weighted by Gasteiger charge is 2.37. The van der Waals surface area contributed by atoms with Crippen LogP contribution < -0.4 is 5.73 Å². The van der Waals surface area contributed by atoms with E-state index in [2.05, 4.69) is 18.8 Å². The predicted octanol–water partition coefficient (Wildman–Crippen LogP) is 4.46. The van der Waals surface area contributed by atoms with Gasteiger partial charge < -0.3 is 10.3 Å². The zero-order valence-corrected chi connectivity index (χ0v) is 12.2. The van der Waals surface area contributed by atoms with Crippen LogP contribution in [0.25, 0.3) is 11.0 Å². The second kappa shape index (κ2) is 5.95. The minimum absolute atomic E-state index is 0.297. The largest absolute Gasteiger partial charge is 0.449 e. The van der Waals surface area contributed by atoms with E-state index in [9.17, 15) is 13.2 Å². The fraction of sp³-hybridized carbons (Fsp3) is 0.533. The van der Waals surface area contributed by atoms with Gasteiger partial charge in [0.25, 0.3) is 0 Å². The summed E-state index contributed by atoms with van der Waals surface area (Å²) in [5.74, 6) is -0.279. The van der Waals surface area contributed by atoms with Gasteiger partial charge in [-0.1, -0.05) is 26.7 Å². The molecule has 0 aliphatic carbocycles. The van der Waals surface area contributed by atoms with Crippen LogP contribution >= 0.6 is 0 Å². The van der Waals surface area contributed by atoms with Gasteiger partial charge in [-0.15, -0.1) is 0 Å². The lowest BCUT2D eigenvalue weighted by Gasteiger charge is -2.12. The maximum atomic E-state index is 13.1. The van der Waals surface area contributed by atoms with Crippen molar-refractivity contribution in [1.82, 2.24) is 9.55 Å². The van der Waals surface area contributed by atoms with Crippen LogP contribution in [0.2, 0.25) is 0 Å². The lowest BCUT2D eigenvalue weighted by atomic mass is 10.1. The Bertz CT molecular complexity index is 614. The minimum atomic E-state index is -4.45. The number of nitrogens with zero attached hydrogens (tertiary/aromatic N) is 2. The molecule has 0 unspecified atom stereocenters. The molecule has 1 heterocycles. The molecule has 0 radical (unpaired) electrons. The van der Waals surface area contributed by atoms with Crippen LogP contribution in [0.1, 0.15) is 38.9 Å². The van der Waals surface area contributed by atoms with Crippen LogP contribution in [0, 0.1) is 5.92 Å². The zero-order valence-electron chi connectivity index (χ0n) is 12.2. The molecule has 1 aromatic carbocycles. The van der Waals surface area contributed by atoms with E-state index in [4.69, 9.17) is 5.73 Å². The highest BCUT2D eigenvalue weighted by molar-refractivity contribution is 5.79. The van der Waals surface area contributed by atoms with E-state index < -0.39 is 12.0 Å². The van der Waals surface area contributed by atoms with Gasteiger partial charge >= 0.3 is 6.18 Å². The number of alkyl halides is 3. The first kappa shape index (κ1) is 15.7. The molecule has 0 aliphatic rings. The molecule has 2 rings (SSSR count). The third-order valence-electron chi connectivity index (χ3n) is 3.44. The molecule has 0 atom stereocenters. The number of unbranched alkanes of at least 4 members (excludes halogenated alkanes) is 1. The Morgan fingerprint density at radius 3 is 2.57 bits per heavy atom. The van der Waals surface area contributed by atoms with E-state index in [-0.39, 0.29) is 0 Å². The van der Waals surface area contributed by atoms with Crippen LogP contribution in [0.3, 0.4) is 0 Å². The first-order valence-electron chi connectivity index (χ1n) is 7.12. The Kier molecular flexibility index (Phi) is 4.44. The van der Waals surface area contributed by atoms with Crippen LogP contribution in [-0.4, -0.2) is 9.55 Å². The SMILES string of the molecule is CC(C)CCCCn1c(C(F)(F)F)nc2cc(N)ccc21. The molecule has 0 saturated heterocycles. The van der Waals surface area contributed by atoms with E-state index in [0.717, 1.165) is 12.8 Å². The van der Waals surface area contributed by atoms with E-state index in [1.165, 1.54) is 10.6 Å². The summed E-state index contributed by atoms with van der Waals surface area (Å²) in [4.78, 5) is 3.72. The Balaban J connectivity index is 2.30. The van der Waals surface area contributed by atoms with Crippen molar-refractivity contribution in [2.24, 2.45) is 5.92 Å². The quantitative estimate of drug-likeness (QED) is 0.654. The molecule has 116 valence electrons. The van der Waals surface area contributed by atoms with Gasteiger partial charge in [0.1, 0.15) is 0 Å². The van der Waals surface area contributed by atoms with Gasteiger partial charge in [0.15, 0.2) is 0 Å². The smallest absolute Gasteiger partial charge is 0.399 e. The molecule has 0 amide bonds. The molecule has 3 nitrogen and oxygen atoms in total. The van der Waals surface area contributed by atoms with Crippen molar-refractivity contribution in [3.8, 4) is 0 Å². The second-order valence-electron chi connectivity index (χ2n) is 5.72. The van der Waals surface area contributed by atoms with Crippen LogP contribution in [0.15, 0.2) is 18.2 Å². The lowest BCUT2D eigenvalue weighted by molar-refractivity contribution is -0.147. The number of aromatic nitrogens is 2. The molecule has 0 saturated carbocycles. The maximum absolute atomic E-state index is 13.1. The summed E-state index contributed by atoms with van der Waals surface area (Å²) in [7, 11) is 0. The molecule has 1 aromatic heterocycles. The summed E-state index contributed by atoms with van der Waals surface area (Å²) in [6.07, 6.45) is -1.83. The minimum Gasteiger partial charge on any atom is -0.399 e. The number of fused-ring (bicyclic) bond motifs is 1. The normalized spacial score (nSPS) is 12.5. The van der Waals surface area contributed by atoms with Crippen LogP contribution in [0.5, 0.6) is 0 Å². The highest BCUT2D eigenvalue weighted by atomic mass is 19.4. The lowest BCUT2D eigenvalue weighted by Crippen LogP contribution is -2.15. The molecule has 0 bridgehead atoms. The van der Waals surface area contributed by atoms with Crippen molar-refractivity contribution in [2.75, 3.05) is 5.73 Å². The van der Waals surface area contributed by atoms with Crippen molar-refractivity contribution in [1.29, 1.82) is 0 Å². The molecular formula is C15H20F3N3. The third kappa shape index (κ3) is 3.68. The average Bonchev–Trinajstić information content (AvgIpc) is 2.72. The number of halogens is 3. The standard InChI is InChI=1S/C15H20F3N3/c1-10(2)5-3-4-8-21-13-7-6-11(19)9-12(13)20-14(21)15(16,17)18/h6-7,9-10H,3-5,8,19H2,1-2H3. The fourth-order valence-electron chi connectivity index (χ4n) is 2.41. The molecule has 2 aromatic rings. The van der Waals surface area contributed by atoms with Gasteiger partial charge in [-0.3, -0.25) is 0 Å². The average molecular weight is 299 g/mol. The number of nitrogens with two attached hydrogens (primary N) is 1. The van der Waals surface area contributed by atoms with E-state index in [1.807, 2.05) is 0 Å². The Morgan fingerprint density at radius 1 is 1.24 bits per heavy atom. The number of hydrogen-bond donors (Lipinski definition) is 1. The van der Waals surface area contributed by atoms with Crippen molar-refractivity contribution in [2.45, 2.75) is 45.8 Å². The topological polar surface area (TPSA) is 43.8 Å². The van der Waals surface area contributed by atoms with Crippen LogP contribution in [0.4, 0.5) is 18.9 Å². The molecule has 0 aliphatic heterocycles. The first-order chi connectivity index (χ1) is 9.79. The van der Waals surface area contributed by atoms with Crippen molar-refractivity contribution < 1.29 is 13.2 Å². The fourth-order valence-corrected chi connectivity index (χ4v) is 2.41. The molecule has 0 fully saturated rings. The predicted molar refractivity (Wildman–Crippen MR) is 77.8 cm³/mol. The summed E-state index contributed by atoms with van der Waals surface area (Å²) < 4.78 is 40.6. The number of hydrogen-bond acceptors (Lipinski definition) is 2. The number of anilines is 1. The van der Waals surface area contributed by atoms with Gasteiger partial charge in [0, 0.05) is 12.2 Å². The number of rotatable bonds is 5. The summed E-state index contributed by atoms with van der Waals surface area (Å²) in [5, 5.41) is 0. The number of aryl methyl sites for hydroxylation is 1. The van der Waals surface area contributed by atoms with Gasteiger partial charge in [-0.25, -0.2) is 4.98 Å². The van der Waals surface area contributed by atoms with Crippen molar-refractivity contribution in [3.63, 3.8) is 0 Å². The Labute approximate surface area is 122 Å². The zero-order chi connectivity index (χ0) is 15.6. The molecular weight excluding hydrogens is 279 g/mol. The van der Waals surface area contributed by atoms with Crippen molar-refractivity contribution in [3.05, 3.63) is 24.0 Å². The van der Waals surface area contributed by atoms with Gasteiger partial charge in [0.05, 0.1) is 11.0 Å². The van der Waals surface area contributed by atoms with Crippen LogP contribution in [-0.2, 0) is 12.7 Å². The molecule has 21 heavy (non-hydrogen) atoms. The van der Waals surface area contributed by atoms with Gasteiger partial charge in [-0.2, -0.15) is 13.2 Å². The van der Waals surface area contributed by atoms with Gasteiger partial charge in [-0.05, 0) is 30.5 Å². The second-order valence-corrected chi connectivity index (χ2v) is 5.72. The Morgan fingerprint density at radius 2 is 1.95 bits per heavy atom. The highest BCUT2D eigenvalue weighted by Crippen LogP contribution is 2.32. The third-order valence-corrected chi connectivity index (χ3v) is 3.44. The number of benzene rings is 1. The molecule has 0 spiro atoms. The monoisotopic (exact) mass is 299 g/mol. The summed E-state index contributed by atoms with van der Waals surface area (Å²) in [6, 6.07) is 4.69. The maximum Gasteiger partial charge on any atom is 0.449 e. The summed E-state index contributed by atoms with van der Waals surface area (Å²) >= 11 is 0. The van der Waals surface area contributed by atoms with Crippen molar-refractivity contribution >= 4 is 16.7 Å². The summed E-state index contributed by atoms with van der Waals surface area (Å²) in [6.45, 7) is 4.54. The first-order valence-corrected chi connectivity index (χ1v) is 7.12. The summed E-state index contributed by atoms with van der Waals surface area (Å²) in [5.41, 5.74) is 6.82. The van der Waals surface area contributed by atoms with E-state index in [0.29, 0.717) is 35.6 Å². The number of nitrogen functional groups attached to an aromatic ring is 1. The van der Waals surface area contributed by atoms with E-state index >= 15 is 0 Å². The molecule has 2 N–H and O–H groups in total. The Hall–Kier alpha value is -1.72. The number of imidazole rings is 1.